The number of hydrogen-bond acceptors (Lipinski definition) is 3. The molecule has 0 bridgehead atoms. The van der Waals surface area contributed by atoms with Crippen LogP contribution in [0.1, 0.15) is 33.6 Å². The monoisotopic (exact) mass is 298 g/mol. The third kappa shape index (κ3) is 6.80. The van der Waals surface area contributed by atoms with Gasteiger partial charge in [-0.1, -0.05) is 13.8 Å². The van der Waals surface area contributed by atoms with Crippen LogP contribution in [0.25, 0.3) is 0 Å². The van der Waals surface area contributed by atoms with Crippen molar-refractivity contribution in [2.24, 2.45) is 5.92 Å². The van der Waals surface area contributed by atoms with E-state index in [4.69, 9.17) is 5.73 Å². The van der Waals surface area contributed by atoms with Gasteiger partial charge in [0.2, 0.25) is 5.91 Å². The number of amides is 1. The van der Waals surface area contributed by atoms with Crippen LogP contribution in [0.15, 0.2) is 23.1 Å². The number of nitrogens with one attached hydrogen (secondary N) is 1. The molecular weight excluding hydrogens is 275 g/mol. The fourth-order valence-electron chi connectivity index (χ4n) is 1.79. The smallest absolute Gasteiger partial charge is 0.230 e. The van der Waals surface area contributed by atoms with Gasteiger partial charge in [-0.25, -0.2) is 4.39 Å². The van der Waals surface area contributed by atoms with Crippen LogP contribution in [0.4, 0.5) is 10.1 Å². The molecule has 0 saturated carbocycles. The van der Waals surface area contributed by atoms with E-state index in [9.17, 15) is 9.18 Å². The van der Waals surface area contributed by atoms with E-state index in [1.165, 1.54) is 23.9 Å². The zero-order chi connectivity index (χ0) is 15.1. The third-order valence-electron chi connectivity index (χ3n) is 2.85. The Morgan fingerprint density at radius 2 is 2.00 bits per heavy atom. The fourth-order valence-corrected chi connectivity index (χ4v) is 2.59. The van der Waals surface area contributed by atoms with Crippen LogP contribution in [0.3, 0.4) is 0 Å². The summed E-state index contributed by atoms with van der Waals surface area (Å²) < 4.78 is 13.1. The number of hydrogen-bond donors (Lipinski definition) is 2. The molecule has 1 aromatic rings. The lowest BCUT2D eigenvalue weighted by Gasteiger charge is -2.15. The Labute approximate surface area is 124 Å². The third-order valence-corrected chi connectivity index (χ3v) is 3.82. The molecule has 1 amide bonds. The summed E-state index contributed by atoms with van der Waals surface area (Å²) in [7, 11) is 0. The Kier molecular flexibility index (Phi) is 6.85. The van der Waals surface area contributed by atoms with Crippen molar-refractivity contribution < 1.29 is 9.18 Å². The summed E-state index contributed by atoms with van der Waals surface area (Å²) >= 11 is 1.29. The van der Waals surface area contributed by atoms with Crippen LogP contribution in [-0.4, -0.2) is 17.7 Å². The van der Waals surface area contributed by atoms with Gasteiger partial charge in [0.25, 0.3) is 0 Å². The molecular formula is C15H23FN2OS. The number of benzene rings is 1. The van der Waals surface area contributed by atoms with Gasteiger partial charge in [0.05, 0.1) is 5.75 Å². The van der Waals surface area contributed by atoms with E-state index in [1.54, 1.807) is 6.07 Å². The molecule has 0 saturated heterocycles. The van der Waals surface area contributed by atoms with Gasteiger partial charge >= 0.3 is 0 Å². The normalized spacial score (nSPS) is 12.4. The number of anilines is 1. The lowest BCUT2D eigenvalue weighted by atomic mass is 10.0. The number of carbonyl (C=O) groups is 1. The van der Waals surface area contributed by atoms with Crippen molar-refractivity contribution in [3.05, 3.63) is 24.0 Å². The van der Waals surface area contributed by atoms with Crippen molar-refractivity contribution in [1.82, 2.24) is 5.32 Å². The van der Waals surface area contributed by atoms with E-state index in [0.717, 1.165) is 12.8 Å². The second kappa shape index (κ2) is 8.15. The Bertz CT molecular complexity index is 431. The minimum Gasteiger partial charge on any atom is -0.399 e. The van der Waals surface area contributed by atoms with Crippen LogP contribution in [-0.2, 0) is 4.79 Å². The molecule has 0 aliphatic carbocycles. The Morgan fingerprint density at radius 3 is 2.60 bits per heavy atom. The highest BCUT2D eigenvalue weighted by Crippen LogP contribution is 2.21. The van der Waals surface area contributed by atoms with Gasteiger partial charge in [0.1, 0.15) is 5.82 Å². The average Bonchev–Trinajstić information content (AvgIpc) is 2.33. The van der Waals surface area contributed by atoms with Crippen molar-refractivity contribution in [2.75, 3.05) is 11.5 Å². The summed E-state index contributed by atoms with van der Waals surface area (Å²) in [6.45, 7) is 6.34. The van der Waals surface area contributed by atoms with E-state index in [0.29, 0.717) is 16.5 Å². The first-order chi connectivity index (χ1) is 9.36. The van der Waals surface area contributed by atoms with Crippen molar-refractivity contribution in [3.63, 3.8) is 0 Å². The average molecular weight is 298 g/mol. The summed E-state index contributed by atoms with van der Waals surface area (Å²) in [4.78, 5) is 12.5. The van der Waals surface area contributed by atoms with Crippen molar-refractivity contribution in [3.8, 4) is 0 Å². The number of rotatable bonds is 7. The molecule has 1 rings (SSSR count). The standard InChI is InChI=1S/C15H23FN2OS/c1-10(2)4-5-11(3)18-15(19)9-20-14-7-12(16)6-13(17)8-14/h6-8,10-11H,4-5,9,17H2,1-3H3,(H,18,19). The first-order valence-electron chi connectivity index (χ1n) is 6.85. The molecule has 0 heterocycles. The maximum Gasteiger partial charge on any atom is 0.230 e. The second-order valence-corrected chi connectivity index (χ2v) is 6.50. The Balaban J connectivity index is 2.35. The molecule has 0 aromatic heterocycles. The zero-order valence-corrected chi connectivity index (χ0v) is 13.1. The van der Waals surface area contributed by atoms with Crippen LogP contribution in [0, 0.1) is 11.7 Å². The molecule has 3 nitrogen and oxygen atoms in total. The van der Waals surface area contributed by atoms with Gasteiger partial charge in [-0.3, -0.25) is 4.79 Å². The van der Waals surface area contributed by atoms with E-state index in [2.05, 4.69) is 19.2 Å². The first-order valence-corrected chi connectivity index (χ1v) is 7.83. The lowest BCUT2D eigenvalue weighted by molar-refractivity contribution is -0.119. The predicted molar refractivity (Wildman–Crippen MR) is 83.2 cm³/mol. The van der Waals surface area contributed by atoms with Crippen LogP contribution in [0.2, 0.25) is 0 Å². The van der Waals surface area contributed by atoms with E-state index >= 15 is 0 Å². The van der Waals surface area contributed by atoms with E-state index in [-0.39, 0.29) is 23.5 Å². The molecule has 112 valence electrons. The molecule has 5 heteroatoms. The molecule has 1 atom stereocenters. The molecule has 3 N–H and O–H groups in total. The largest absolute Gasteiger partial charge is 0.399 e. The summed E-state index contributed by atoms with van der Waals surface area (Å²) in [6.07, 6.45) is 2.07. The zero-order valence-electron chi connectivity index (χ0n) is 12.3. The Hall–Kier alpha value is -1.23. The number of nitrogens with two attached hydrogens (primary N) is 1. The highest BCUT2D eigenvalue weighted by atomic mass is 32.2. The molecule has 1 unspecified atom stereocenters. The minimum absolute atomic E-state index is 0.0333. The van der Waals surface area contributed by atoms with Crippen molar-refractivity contribution >= 4 is 23.4 Å². The van der Waals surface area contributed by atoms with Crippen molar-refractivity contribution in [2.45, 2.75) is 44.6 Å². The fraction of sp³-hybridized carbons (Fsp3) is 0.533. The summed E-state index contributed by atoms with van der Waals surface area (Å²) in [5.41, 5.74) is 5.93. The van der Waals surface area contributed by atoms with Crippen LogP contribution >= 0.6 is 11.8 Å². The molecule has 0 spiro atoms. The first kappa shape index (κ1) is 16.8. The van der Waals surface area contributed by atoms with Gasteiger partial charge in [0.15, 0.2) is 0 Å². The number of carbonyl (C=O) groups excluding carboxylic acids is 1. The van der Waals surface area contributed by atoms with Crippen LogP contribution < -0.4 is 11.1 Å². The van der Waals surface area contributed by atoms with E-state index < -0.39 is 0 Å². The molecule has 0 aliphatic heterocycles. The van der Waals surface area contributed by atoms with Gasteiger partial charge in [-0.05, 0) is 43.9 Å². The minimum atomic E-state index is -0.377. The Morgan fingerprint density at radius 1 is 1.30 bits per heavy atom. The molecule has 20 heavy (non-hydrogen) atoms. The van der Waals surface area contributed by atoms with Gasteiger partial charge < -0.3 is 11.1 Å². The predicted octanol–water partition coefficient (Wildman–Crippen LogP) is 3.44. The lowest BCUT2D eigenvalue weighted by Crippen LogP contribution is -2.34. The van der Waals surface area contributed by atoms with Crippen LogP contribution in [0.5, 0.6) is 0 Å². The van der Waals surface area contributed by atoms with Gasteiger partial charge in [0, 0.05) is 16.6 Å². The number of nitrogen functional groups attached to an aromatic ring is 1. The summed E-state index contributed by atoms with van der Waals surface area (Å²) in [5, 5.41) is 2.95. The highest BCUT2D eigenvalue weighted by molar-refractivity contribution is 8.00. The summed E-state index contributed by atoms with van der Waals surface area (Å²) in [6, 6.07) is 4.49. The van der Waals surface area contributed by atoms with Crippen molar-refractivity contribution in [1.29, 1.82) is 0 Å². The maximum absolute atomic E-state index is 13.1. The molecule has 0 radical (unpaired) electrons. The second-order valence-electron chi connectivity index (χ2n) is 5.45. The highest BCUT2D eigenvalue weighted by Gasteiger charge is 2.09. The topological polar surface area (TPSA) is 55.1 Å². The maximum atomic E-state index is 13.1. The quantitative estimate of drug-likeness (QED) is 0.599. The van der Waals surface area contributed by atoms with Gasteiger partial charge in [-0.15, -0.1) is 11.8 Å². The van der Waals surface area contributed by atoms with E-state index in [1.807, 2.05) is 6.92 Å². The molecule has 1 aromatic carbocycles. The number of halogens is 1. The number of thioether (sulfide) groups is 1. The SMILES string of the molecule is CC(C)CCC(C)NC(=O)CSc1cc(N)cc(F)c1. The molecule has 0 aliphatic rings. The molecule has 0 fully saturated rings. The summed E-state index contributed by atoms with van der Waals surface area (Å²) in [5.74, 6) is 0.501. The van der Waals surface area contributed by atoms with Gasteiger partial charge in [-0.2, -0.15) is 0 Å².